The Bertz CT molecular complexity index is 576. The molecule has 3 fully saturated rings. The summed E-state index contributed by atoms with van der Waals surface area (Å²) in [4.78, 5) is 10.6. The molecular formula is C21H30O4. The number of carboxylic acids is 1. The van der Waals surface area contributed by atoms with E-state index in [0.29, 0.717) is 18.3 Å². The van der Waals surface area contributed by atoms with Gasteiger partial charge in [-0.3, -0.25) is 4.79 Å². The molecule has 0 radical (unpaired) electrons. The second-order valence-corrected chi connectivity index (χ2v) is 8.07. The van der Waals surface area contributed by atoms with E-state index >= 15 is 0 Å². The van der Waals surface area contributed by atoms with Crippen molar-refractivity contribution in [2.45, 2.75) is 82.3 Å². The molecule has 3 aliphatic carbocycles. The minimum atomic E-state index is -0.843. The summed E-state index contributed by atoms with van der Waals surface area (Å²) in [5.74, 6) is 6.51. The number of aliphatic hydroxyl groups is 2. The smallest absolute Gasteiger partial charge is 0.303 e. The standard InChI is InChI=1S/C21H30O4/c22-19-9-8-16-15(6-2-3-7-20(23)24)14-18(16)17(19)10-13-21(25)11-4-1-5-12-21/h6,16-19,22,25H,1-5,7-9,11-12,14H2,(H,23,24)/b15-6-/t16-,17?,18+,19-/m1/s1. The average molecular weight is 346 g/mol. The number of unbranched alkanes of at least 4 members (excludes halogenated alkanes) is 1. The molecule has 138 valence electrons. The van der Waals surface area contributed by atoms with Crippen molar-refractivity contribution in [1.29, 1.82) is 0 Å². The first kappa shape index (κ1) is 18.5. The lowest BCUT2D eigenvalue weighted by Crippen LogP contribution is -2.44. The number of aliphatic carboxylic acids is 1. The molecule has 0 aromatic carbocycles. The fraction of sp³-hybridized carbons (Fsp3) is 0.762. The predicted octanol–water partition coefficient (Wildman–Crippen LogP) is 3.27. The predicted molar refractivity (Wildman–Crippen MR) is 95.7 cm³/mol. The summed E-state index contributed by atoms with van der Waals surface area (Å²) in [5.41, 5.74) is 0.579. The molecule has 0 aromatic rings. The van der Waals surface area contributed by atoms with Crippen molar-refractivity contribution in [2.24, 2.45) is 17.8 Å². The normalized spacial score (nSPS) is 35.2. The van der Waals surface area contributed by atoms with Crippen molar-refractivity contribution < 1.29 is 20.1 Å². The van der Waals surface area contributed by atoms with Gasteiger partial charge < -0.3 is 15.3 Å². The molecule has 0 bridgehead atoms. The summed E-state index contributed by atoms with van der Waals surface area (Å²) in [6.07, 6.45) is 11.1. The summed E-state index contributed by atoms with van der Waals surface area (Å²) < 4.78 is 0. The van der Waals surface area contributed by atoms with Gasteiger partial charge in [-0.15, -0.1) is 0 Å². The van der Waals surface area contributed by atoms with Gasteiger partial charge in [-0.25, -0.2) is 0 Å². The Morgan fingerprint density at radius 2 is 2.00 bits per heavy atom. The van der Waals surface area contributed by atoms with Gasteiger partial charge in [0.1, 0.15) is 5.60 Å². The van der Waals surface area contributed by atoms with Crippen molar-refractivity contribution in [3.63, 3.8) is 0 Å². The molecule has 3 N–H and O–H groups in total. The van der Waals surface area contributed by atoms with Gasteiger partial charge >= 0.3 is 5.97 Å². The summed E-state index contributed by atoms with van der Waals surface area (Å²) in [5, 5.41) is 29.7. The Kier molecular flexibility index (Phi) is 5.86. The highest BCUT2D eigenvalue weighted by Crippen LogP contribution is 2.51. The van der Waals surface area contributed by atoms with Gasteiger partial charge in [0.25, 0.3) is 0 Å². The van der Waals surface area contributed by atoms with Gasteiger partial charge in [-0.1, -0.05) is 29.9 Å². The Hall–Kier alpha value is -1.31. The number of aliphatic hydroxyl groups excluding tert-OH is 1. The maximum atomic E-state index is 10.6. The minimum absolute atomic E-state index is 0.0270. The van der Waals surface area contributed by atoms with Gasteiger partial charge in [0.05, 0.1) is 12.0 Å². The third-order valence-electron chi connectivity index (χ3n) is 6.27. The van der Waals surface area contributed by atoms with Crippen molar-refractivity contribution in [3.8, 4) is 11.8 Å². The summed E-state index contributed by atoms with van der Waals surface area (Å²) in [7, 11) is 0. The second kappa shape index (κ2) is 7.93. The topological polar surface area (TPSA) is 77.8 Å². The van der Waals surface area contributed by atoms with Gasteiger partial charge in [0, 0.05) is 6.42 Å². The van der Waals surface area contributed by atoms with Crippen LogP contribution in [0.3, 0.4) is 0 Å². The van der Waals surface area contributed by atoms with E-state index in [1.165, 1.54) is 12.0 Å². The molecule has 0 heterocycles. The number of hydrogen-bond acceptors (Lipinski definition) is 3. The highest BCUT2D eigenvalue weighted by Gasteiger charge is 2.46. The third-order valence-corrected chi connectivity index (χ3v) is 6.27. The van der Waals surface area contributed by atoms with Crippen LogP contribution < -0.4 is 0 Å². The lowest BCUT2D eigenvalue weighted by Gasteiger charge is -2.48. The van der Waals surface area contributed by atoms with Gasteiger partial charge in [0.2, 0.25) is 0 Å². The molecule has 0 aliphatic heterocycles. The van der Waals surface area contributed by atoms with Crippen LogP contribution in [0.5, 0.6) is 0 Å². The van der Waals surface area contributed by atoms with Gasteiger partial charge in [0.15, 0.2) is 0 Å². The molecule has 0 amide bonds. The van der Waals surface area contributed by atoms with Crippen LogP contribution in [0.4, 0.5) is 0 Å². The third kappa shape index (κ3) is 4.46. The zero-order chi connectivity index (χ0) is 17.9. The highest BCUT2D eigenvalue weighted by atomic mass is 16.4. The van der Waals surface area contributed by atoms with Crippen LogP contribution in [0.15, 0.2) is 11.6 Å². The van der Waals surface area contributed by atoms with Crippen molar-refractivity contribution in [2.75, 3.05) is 0 Å². The molecule has 3 aliphatic rings. The number of allylic oxidation sites excluding steroid dienone is 2. The second-order valence-electron chi connectivity index (χ2n) is 8.07. The van der Waals surface area contributed by atoms with Crippen LogP contribution >= 0.6 is 0 Å². The molecule has 3 rings (SSSR count). The first-order chi connectivity index (χ1) is 12.0. The van der Waals surface area contributed by atoms with Crippen LogP contribution in [0.2, 0.25) is 0 Å². The molecule has 1 unspecified atom stereocenters. The molecule has 3 saturated carbocycles. The fourth-order valence-corrected chi connectivity index (χ4v) is 4.73. The van der Waals surface area contributed by atoms with E-state index in [1.807, 2.05) is 0 Å². The number of carbonyl (C=O) groups is 1. The van der Waals surface area contributed by atoms with Crippen LogP contribution in [-0.4, -0.2) is 33.0 Å². The van der Waals surface area contributed by atoms with E-state index in [2.05, 4.69) is 17.9 Å². The summed E-state index contributed by atoms with van der Waals surface area (Å²) >= 11 is 0. The molecule has 0 spiro atoms. The van der Waals surface area contributed by atoms with Crippen molar-refractivity contribution in [3.05, 3.63) is 11.6 Å². The van der Waals surface area contributed by atoms with Crippen molar-refractivity contribution in [1.82, 2.24) is 0 Å². The molecule has 0 saturated heterocycles. The van der Waals surface area contributed by atoms with Gasteiger partial charge in [-0.05, 0) is 69.6 Å². The fourth-order valence-electron chi connectivity index (χ4n) is 4.73. The first-order valence-electron chi connectivity index (χ1n) is 9.82. The number of rotatable bonds is 4. The number of carboxylic acid groups (broad SMARTS) is 1. The lowest BCUT2D eigenvalue weighted by molar-refractivity contribution is -0.137. The summed E-state index contributed by atoms with van der Waals surface area (Å²) in [6.45, 7) is 0. The van der Waals surface area contributed by atoms with Crippen LogP contribution in [0.25, 0.3) is 0 Å². The van der Waals surface area contributed by atoms with E-state index in [9.17, 15) is 15.0 Å². The van der Waals surface area contributed by atoms with E-state index in [1.54, 1.807) is 0 Å². The van der Waals surface area contributed by atoms with E-state index < -0.39 is 11.6 Å². The largest absolute Gasteiger partial charge is 0.481 e. The van der Waals surface area contributed by atoms with Crippen molar-refractivity contribution >= 4 is 5.97 Å². The van der Waals surface area contributed by atoms with E-state index in [-0.39, 0.29) is 18.4 Å². The number of hydrogen-bond donors (Lipinski definition) is 3. The Labute approximate surface area is 150 Å². The average Bonchev–Trinajstić information content (AvgIpc) is 2.55. The van der Waals surface area contributed by atoms with Crippen LogP contribution in [0.1, 0.15) is 70.6 Å². The molecule has 25 heavy (non-hydrogen) atoms. The summed E-state index contributed by atoms with van der Waals surface area (Å²) in [6, 6.07) is 0. The number of fused-ring (bicyclic) bond motifs is 1. The Morgan fingerprint density at radius 1 is 1.24 bits per heavy atom. The van der Waals surface area contributed by atoms with E-state index in [0.717, 1.165) is 51.4 Å². The lowest BCUT2D eigenvalue weighted by atomic mass is 9.57. The first-order valence-corrected chi connectivity index (χ1v) is 9.82. The van der Waals surface area contributed by atoms with E-state index in [4.69, 9.17) is 5.11 Å². The molecule has 0 aromatic heterocycles. The highest BCUT2D eigenvalue weighted by molar-refractivity contribution is 5.66. The molecule has 4 atom stereocenters. The van der Waals surface area contributed by atoms with Crippen LogP contribution in [-0.2, 0) is 4.79 Å². The maximum absolute atomic E-state index is 10.6. The molecule has 4 heteroatoms. The Morgan fingerprint density at radius 3 is 2.72 bits per heavy atom. The molecule has 4 nitrogen and oxygen atoms in total. The Balaban J connectivity index is 1.59. The maximum Gasteiger partial charge on any atom is 0.303 e. The minimum Gasteiger partial charge on any atom is -0.481 e. The zero-order valence-electron chi connectivity index (χ0n) is 14.9. The molecular weight excluding hydrogens is 316 g/mol. The quantitative estimate of drug-likeness (QED) is 0.415. The van der Waals surface area contributed by atoms with Crippen LogP contribution in [0, 0.1) is 29.6 Å². The zero-order valence-corrected chi connectivity index (χ0v) is 14.9. The monoisotopic (exact) mass is 346 g/mol. The SMILES string of the molecule is O=C(O)CCC/C=C1/C[C@@H]2C(C#CC3(O)CCCCC3)[C@H](O)CC[C@H]12. The van der Waals surface area contributed by atoms with Gasteiger partial charge in [-0.2, -0.15) is 0 Å².